The molecule has 1 aromatic heterocycles. The summed E-state index contributed by atoms with van der Waals surface area (Å²) in [5, 5.41) is 5.05. The van der Waals surface area contributed by atoms with Crippen molar-refractivity contribution >= 4 is 28.9 Å². The molecular formula is C16H19N3O3S. The lowest BCUT2D eigenvalue weighted by atomic mass is 10.0. The number of benzene rings is 1. The summed E-state index contributed by atoms with van der Waals surface area (Å²) >= 11 is 1.36. The van der Waals surface area contributed by atoms with Crippen molar-refractivity contribution in [1.82, 2.24) is 10.3 Å². The summed E-state index contributed by atoms with van der Waals surface area (Å²) in [6.07, 6.45) is 0. The third kappa shape index (κ3) is 4.07. The van der Waals surface area contributed by atoms with Crippen molar-refractivity contribution in [3.05, 3.63) is 35.3 Å². The van der Waals surface area contributed by atoms with Crippen LogP contribution in [-0.4, -0.2) is 30.0 Å². The smallest absolute Gasteiger partial charge is 0.328 e. The maximum absolute atomic E-state index is 12.3. The third-order valence-electron chi connectivity index (χ3n) is 3.30. The minimum Gasteiger partial charge on any atom is -0.467 e. The van der Waals surface area contributed by atoms with Gasteiger partial charge in [0.2, 0.25) is 0 Å². The van der Waals surface area contributed by atoms with Crippen molar-refractivity contribution in [2.45, 2.75) is 19.9 Å². The first kappa shape index (κ1) is 17.0. The van der Waals surface area contributed by atoms with Crippen LogP contribution in [-0.2, 0) is 9.53 Å². The summed E-state index contributed by atoms with van der Waals surface area (Å²) < 4.78 is 4.71. The number of methoxy groups -OCH3 is 1. The number of anilines is 1. The van der Waals surface area contributed by atoms with E-state index >= 15 is 0 Å². The first-order chi connectivity index (χ1) is 10.9. The van der Waals surface area contributed by atoms with Crippen LogP contribution in [0.4, 0.5) is 5.69 Å². The highest BCUT2D eigenvalue weighted by Crippen LogP contribution is 2.24. The van der Waals surface area contributed by atoms with E-state index in [2.05, 4.69) is 10.3 Å². The van der Waals surface area contributed by atoms with Crippen LogP contribution in [0.2, 0.25) is 0 Å². The second-order valence-corrected chi connectivity index (χ2v) is 6.24. The number of hydrogen-bond acceptors (Lipinski definition) is 6. The summed E-state index contributed by atoms with van der Waals surface area (Å²) in [7, 11) is 1.30. The maximum atomic E-state index is 12.3. The van der Waals surface area contributed by atoms with Crippen LogP contribution >= 0.6 is 11.3 Å². The molecule has 122 valence electrons. The molecule has 1 aromatic carbocycles. The Morgan fingerprint density at radius 1 is 1.26 bits per heavy atom. The van der Waals surface area contributed by atoms with Gasteiger partial charge in [0.05, 0.1) is 7.11 Å². The minimum atomic E-state index is -0.700. The Balaban J connectivity index is 2.14. The second kappa shape index (κ2) is 7.23. The molecule has 0 spiro atoms. The van der Waals surface area contributed by atoms with Crippen LogP contribution in [0, 0.1) is 5.92 Å². The average molecular weight is 333 g/mol. The Kier molecular flexibility index (Phi) is 5.33. The number of carbonyl (C=O) groups is 2. The lowest BCUT2D eigenvalue weighted by Gasteiger charge is -2.19. The molecule has 3 N–H and O–H groups in total. The average Bonchev–Trinajstić information content (AvgIpc) is 3.02. The van der Waals surface area contributed by atoms with Crippen LogP contribution in [0.1, 0.15) is 24.3 Å². The molecule has 0 saturated heterocycles. The summed E-state index contributed by atoms with van der Waals surface area (Å²) in [5.74, 6) is -0.948. The number of rotatable bonds is 5. The quantitative estimate of drug-likeness (QED) is 0.647. The zero-order valence-corrected chi connectivity index (χ0v) is 14.0. The van der Waals surface area contributed by atoms with Crippen molar-refractivity contribution in [1.29, 1.82) is 0 Å². The number of aromatic nitrogens is 1. The van der Waals surface area contributed by atoms with Crippen LogP contribution < -0.4 is 11.1 Å². The SMILES string of the molecule is COC(=O)[C@@H](NC(=O)c1csc(-c2ccc(N)cc2)n1)C(C)C. The van der Waals surface area contributed by atoms with Crippen LogP contribution in [0.25, 0.3) is 10.6 Å². The number of nitrogens with two attached hydrogens (primary N) is 1. The molecule has 0 radical (unpaired) electrons. The van der Waals surface area contributed by atoms with Gasteiger partial charge in [0, 0.05) is 16.6 Å². The van der Waals surface area contributed by atoms with Gasteiger partial charge in [-0.15, -0.1) is 11.3 Å². The van der Waals surface area contributed by atoms with Crippen molar-refractivity contribution in [2.24, 2.45) is 5.92 Å². The van der Waals surface area contributed by atoms with Crippen molar-refractivity contribution in [2.75, 3.05) is 12.8 Å². The van der Waals surface area contributed by atoms with Gasteiger partial charge in [-0.25, -0.2) is 9.78 Å². The van der Waals surface area contributed by atoms with E-state index in [0.717, 1.165) is 5.56 Å². The molecular weight excluding hydrogens is 314 g/mol. The summed E-state index contributed by atoms with van der Waals surface area (Å²) in [6.45, 7) is 3.67. The lowest BCUT2D eigenvalue weighted by Crippen LogP contribution is -2.45. The Morgan fingerprint density at radius 3 is 2.48 bits per heavy atom. The van der Waals surface area contributed by atoms with Crippen molar-refractivity contribution in [3.63, 3.8) is 0 Å². The predicted molar refractivity (Wildman–Crippen MR) is 90.1 cm³/mol. The molecule has 0 aliphatic carbocycles. The van der Waals surface area contributed by atoms with E-state index in [1.807, 2.05) is 26.0 Å². The highest BCUT2D eigenvalue weighted by Gasteiger charge is 2.26. The number of amides is 1. The van der Waals surface area contributed by atoms with Crippen LogP contribution in [0.15, 0.2) is 29.6 Å². The second-order valence-electron chi connectivity index (χ2n) is 5.38. The molecule has 6 nitrogen and oxygen atoms in total. The number of nitrogens with one attached hydrogen (secondary N) is 1. The molecule has 1 amide bonds. The molecule has 1 heterocycles. The van der Waals surface area contributed by atoms with Gasteiger partial charge in [0.25, 0.3) is 5.91 Å². The first-order valence-electron chi connectivity index (χ1n) is 7.12. The molecule has 7 heteroatoms. The standard InChI is InChI=1S/C16H19N3O3S/c1-9(2)13(16(21)22-3)19-14(20)12-8-23-15(18-12)10-4-6-11(17)7-5-10/h4-9,13H,17H2,1-3H3,(H,19,20)/t13-/m0/s1. The minimum absolute atomic E-state index is 0.0818. The summed E-state index contributed by atoms with van der Waals surface area (Å²) in [6, 6.07) is 6.56. The van der Waals surface area contributed by atoms with E-state index in [1.54, 1.807) is 17.5 Å². The molecule has 0 fully saturated rings. The van der Waals surface area contributed by atoms with E-state index in [-0.39, 0.29) is 11.6 Å². The number of nitrogens with zero attached hydrogens (tertiary/aromatic N) is 1. The molecule has 0 unspecified atom stereocenters. The molecule has 23 heavy (non-hydrogen) atoms. The fraction of sp³-hybridized carbons (Fsp3) is 0.312. The maximum Gasteiger partial charge on any atom is 0.328 e. The Labute approximate surface area is 138 Å². The van der Waals surface area contributed by atoms with Crippen LogP contribution in [0.3, 0.4) is 0 Å². The normalized spacial score (nSPS) is 12.0. The molecule has 0 saturated carbocycles. The van der Waals surface area contributed by atoms with Crippen molar-refractivity contribution < 1.29 is 14.3 Å². The van der Waals surface area contributed by atoms with Gasteiger partial charge in [0.1, 0.15) is 16.7 Å². The summed E-state index contributed by atoms with van der Waals surface area (Å²) in [4.78, 5) is 28.3. The topological polar surface area (TPSA) is 94.3 Å². The highest BCUT2D eigenvalue weighted by atomic mass is 32.1. The van der Waals surface area contributed by atoms with E-state index in [0.29, 0.717) is 10.7 Å². The molecule has 0 bridgehead atoms. The highest BCUT2D eigenvalue weighted by molar-refractivity contribution is 7.13. The fourth-order valence-corrected chi connectivity index (χ4v) is 2.78. The predicted octanol–water partition coefficient (Wildman–Crippen LogP) is 2.32. The van der Waals surface area contributed by atoms with E-state index in [9.17, 15) is 9.59 Å². The number of nitrogen functional groups attached to an aromatic ring is 1. The van der Waals surface area contributed by atoms with Gasteiger partial charge in [-0.05, 0) is 30.2 Å². The number of esters is 1. The van der Waals surface area contributed by atoms with E-state index in [1.165, 1.54) is 18.4 Å². The lowest BCUT2D eigenvalue weighted by molar-refractivity contribution is -0.144. The Hall–Kier alpha value is -2.41. The van der Waals surface area contributed by atoms with Gasteiger partial charge in [-0.3, -0.25) is 4.79 Å². The first-order valence-corrected chi connectivity index (χ1v) is 8.00. The molecule has 2 rings (SSSR count). The van der Waals surface area contributed by atoms with Gasteiger partial charge in [-0.2, -0.15) is 0 Å². The van der Waals surface area contributed by atoms with E-state index < -0.39 is 17.9 Å². The zero-order chi connectivity index (χ0) is 17.0. The third-order valence-corrected chi connectivity index (χ3v) is 4.19. The Morgan fingerprint density at radius 2 is 1.91 bits per heavy atom. The fourth-order valence-electron chi connectivity index (χ4n) is 1.98. The van der Waals surface area contributed by atoms with Gasteiger partial charge < -0.3 is 15.8 Å². The Bertz CT molecular complexity index is 695. The molecule has 1 atom stereocenters. The van der Waals surface area contributed by atoms with Gasteiger partial charge in [0.15, 0.2) is 0 Å². The molecule has 0 aliphatic heterocycles. The molecule has 0 aliphatic rings. The monoisotopic (exact) mass is 333 g/mol. The molecule has 2 aromatic rings. The number of carbonyl (C=O) groups excluding carboxylic acids is 2. The van der Waals surface area contributed by atoms with Crippen molar-refractivity contribution in [3.8, 4) is 10.6 Å². The van der Waals surface area contributed by atoms with Crippen LogP contribution in [0.5, 0.6) is 0 Å². The van der Waals surface area contributed by atoms with E-state index in [4.69, 9.17) is 10.5 Å². The van der Waals surface area contributed by atoms with Gasteiger partial charge in [-0.1, -0.05) is 13.8 Å². The number of hydrogen-bond donors (Lipinski definition) is 2. The number of ether oxygens (including phenoxy) is 1. The van der Waals surface area contributed by atoms with Gasteiger partial charge >= 0.3 is 5.97 Å². The number of thiazole rings is 1. The largest absolute Gasteiger partial charge is 0.467 e. The zero-order valence-electron chi connectivity index (χ0n) is 13.2. The summed E-state index contributed by atoms with van der Waals surface area (Å²) in [5.41, 5.74) is 7.49.